The summed E-state index contributed by atoms with van der Waals surface area (Å²) in [7, 11) is 1.62. The fourth-order valence-electron chi connectivity index (χ4n) is 1.43. The van der Waals surface area contributed by atoms with E-state index in [1.165, 1.54) is 10.9 Å². The van der Waals surface area contributed by atoms with Gasteiger partial charge in [-0.15, -0.1) is 0 Å². The first-order valence-electron chi connectivity index (χ1n) is 5.13. The number of aliphatic carboxylic acids is 1. The minimum Gasteiger partial charge on any atom is -0.481 e. The molecule has 7 nitrogen and oxygen atoms in total. The molecule has 1 atom stereocenters. The molecule has 1 aromatic heterocycles. The first-order valence-corrected chi connectivity index (χ1v) is 5.13. The average molecular weight is 241 g/mol. The number of hydrogen-bond donors (Lipinski definition) is 2. The lowest BCUT2D eigenvalue weighted by Gasteiger charge is -2.08. The summed E-state index contributed by atoms with van der Waals surface area (Å²) in [6.07, 6.45) is 1.26. The van der Waals surface area contributed by atoms with Gasteiger partial charge in [0.05, 0.1) is 13.0 Å². The summed E-state index contributed by atoms with van der Waals surface area (Å²) in [5.74, 6) is -1.62. The number of carbonyl (C=O) groups is 2. The van der Waals surface area contributed by atoms with Crippen LogP contribution in [0.25, 0.3) is 0 Å². The van der Waals surface area contributed by atoms with Crippen molar-refractivity contribution in [2.75, 3.05) is 6.61 Å². The number of rotatable bonds is 5. The normalized spacial score (nSPS) is 12.2. The Morgan fingerprint density at radius 2 is 2.29 bits per heavy atom. The maximum atomic E-state index is 11.6. The molecule has 3 N–H and O–H groups in total. The van der Waals surface area contributed by atoms with Crippen molar-refractivity contribution in [3.63, 3.8) is 0 Å². The van der Waals surface area contributed by atoms with Gasteiger partial charge in [0.15, 0.2) is 5.69 Å². The van der Waals surface area contributed by atoms with Gasteiger partial charge < -0.3 is 15.6 Å². The fraction of sp³-hybridized carbons (Fsp3) is 0.500. The zero-order valence-corrected chi connectivity index (χ0v) is 9.71. The Bertz CT molecular complexity index is 427. The van der Waals surface area contributed by atoms with E-state index in [-0.39, 0.29) is 18.7 Å². The maximum Gasteiger partial charge on any atom is 0.359 e. The van der Waals surface area contributed by atoms with Gasteiger partial charge in [-0.1, -0.05) is 0 Å². The molecule has 1 heterocycles. The lowest BCUT2D eigenvalue weighted by atomic mass is 10.1. The molecule has 0 aliphatic heterocycles. The van der Waals surface area contributed by atoms with Gasteiger partial charge in [-0.3, -0.25) is 9.48 Å². The van der Waals surface area contributed by atoms with Crippen molar-refractivity contribution in [1.82, 2.24) is 9.78 Å². The van der Waals surface area contributed by atoms with Crippen LogP contribution in [0, 0.1) is 0 Å². The van der Waals surface area contributed by atoms with Crippen molar-refractivity contribution in [2.24, 2.45) is 12.8 Å². The average Bonchev–Trinajstić information content (AvgIpc) is 2.60. The van der Waals surface area contributed by atoms with E-state index >= 15 is 0 Å². The molecule has 0 fully saturated rings. The topological polar surface area (TPSA) is 107 Å². The molecule has 1 rings (SSSR count). The van der Waals surface area contributed by atoms with Crippen LogP contribution in [-0.2, 0) is 16.6 Å². The van der Waals surface area contributed by atoms with Crippen LogP contribution in [0.2, 0.25) is 0 Å². The van der Waals surface area contributed by atoms with Gasteiger partial charge in [-0.05, 0) is 6.92 Å². The molecule has 0 spiro atoms. The maximum absolute atomic E-state index is 11.6. The molecular formula is C10H15N3O4. The summed E-state index contributed by atoms with van der Waals surface area (Å²) in [6, 6.07) is -0.777. The van der Waals surface area contributed by atoms with Gasteiger partial charge in [-0.25, -0.2) is 4.79 Å². The molecule has 0 aliphatic rings. The first-order chi connectivity index (χ1) is 7.95. The van der Waals surface area contributed by atoms with E-state index in [1.54, 1.807) is 14.0 Å². The van der Waals surface area contributed by atoms with Crippen LogP contribution in [0.5, 0.6) is 0 Å². The smallest absolute Gasteiger partial charge is 0.359 e. The zero-order valence-electron chi connectivity index (χ0n) is 9.71. The van der Waals surface area contributed by atoms with Crippen molar-refractivity contribution < 1.29 is 19.4 Å². The second-order valence-electron chi connectivity index (χ2n) is 3.53. The summed E-state index contributed by atoms with van der Waals surface area (Å²) in [5.41, 5.74) is 6.16. The van der Waals surface area contributed by atoms with Crippen molar-refractivity contribution in [1.29, 1.82) is 0 Å². The van der Waals surface area contributed by atoms with Gasteiger partial charge in [0.1, 0.15) is 0 Å². The van der Waals surface area contributed by atoms with Gasteiger partial charge >= 0.3 is 11.9 Å². The summed E-state index contributed by atoms with van der Waals surface area (Å²) in [4.78, 5) is 22.1. The van der Waals surface area contributed by atoms with Crippen LogP contribution in [0.1, 0.15) is 35.4 Å². The molecule has 0 aliphatic carbocycles. The number of aromatic nitrogens is 2. The van der Waals surface area contributed by atoms with E-state index in [0.717, 1.165) is 0 Å². The number of hydrogen-bond acceptors (Lipinski definition) is 5. The Morgan fingerprint density at radius 3 is 2.82 bits per heavy atom. The highest BCUT2D eigenvalue weighted by molar-refractivity contribution is 5.89. The van der Waals surface area contributed by atoms with Crippen molar-refractivity contribution in [2.45, 2.75) is 19.4 Å². The zero-order chi connectivity index (χ0) is 13.0. The van der Waals surface area contributed by atoms with E-state index in [9.17, 15) is 9.59 Å². The van der Waals surface area contributed by atoms with Crippen molar-refractivity contribution >= 4 is 11.9 Å². The number of esters is 1. The van der Waals surface area contributed by atoms with Gasteiger partial charge in [-0.2, -0.15) is 5.10 Å². The van der Waals surface area contributed by atoms with Crippen LogP contribution >= 0.6 is 0 Å². The molecule has 17 heavy (non-hydrogen) atoms. The lowest BCUT2D eigenvalue weighted by molar-refractivity contribution is -0.137. The third-order valence-electron chi connectivity index (χ3n) is 2.12. The molecule has 0 saturated heterocycles. The molecule has 7 heteroatoms. The number of aryl methyl sites for hydroxylation is 1. The minimum absolute atomic E-state index is 0.0723. The summed E-state index contributed by atoms with van der Waals surface area (Å²) in [6.45, 7) is 1.90. The Balaban J connectivity index is 2.98. The molecule has 0 amide bonds. The highest BCUT2D eigenvalue weighted by atomic mass is 16.5. The predicted octanol–water partition coefficient (Wildman–Crippen LogP) is 0.0713. The van der Waals surface area contributed by atoms with Gasteiger partial charge in [0.25, 0.3) is 0 Å². The lowest BCUT2D eigenvalue weighted by Crippen LogP contribution is -2.18. The first kappa shape index (κ1) is 13.2. The number of nitrogens with zero attached hydrogens (tertiary/aromatic N) is 2. The summed E-state index contributed by atoms with van der Waals surface area (Å²) < 4.78 is 6.23. The summed E-state index contributed by atoms with van der Waals surface area (Å²) >= 11 is 0. The van der Waals surface area contributed by atoms with Gasteiger partial charge in [0.2, 0.25) is 0 Å². The number of nitrogens with two attached hydrogens (primary N) is 1. The number of carbonyl (C=O) groups excluding carboxylic acids is 1. The van der Waals surface area contributed by atoms with Crippen LogP contribution in [0.15, 0.2) is 6.20 Å². The largest absolute Gasteiger partial charge is 0.481 e. The van der Waals surface area contributed by atoms with Crippen molar-refractivity contribution in [3.05, 3.63) is 17.5 Å². The standard InChI is InChI=1S/C10H15N3O4/c1-3-17-10(16)9-6(5-13(2)12-9)7(11)4-8(14)15/h5,7H,3-4,11H2,1-2H3,(H,14,15). The third kappa shape index (κ3) is 3.28. The van der Waals surface area contributed by atoms with Crippen LogP contribution < -0.4 is 5.73 Å². The third-order valence-corrected chi connectivity index (χ3v) is 2.12. The monoisotopic (exact) mass is 241 g/mol. The molecule has 0 bridgehead atoms. The van der Waals surface area contributed by atoms with Crippen molar-refractivity contribution in [3.8, 4) is 0 Å². The molecule has 0 radical (unpaired) electrons. The van der Waals surface area contributed by atoms with Crippen LogP contribution in [-0.4, -0.2) is 33.4 Å². The quantitative estimate of drug-likeness (QED) is 0.706. The summed E-state index contributed by atoms with van der Waals surface area (Å²) in [5, 5.41) is 12.6. The second-order valence-corrected chi connectivity index (χ2v) is 3.53. The fourth-order valence-corrected chi connectivity index (χ4v) is 1.43. The van der Waals surface area contributed by atoms with E-state index in [0.29, 0.717) is 5.56 Å². The van der Waals surface area contributed by atoms with E-state index in [1.807, 2.05) is 0 Å². The number of carboxylic acids is 1. The predicted molar refractivity (Wildman–Crippen MR) is 58.3 cm³/mol. The molecule has 0 saturated carbocycles. The highest BCUT2D eigenvalue weighted by Gasteiger charge is 2.23. The highest BCUT2D eigenvalue weighted by Crippen LogP contribution is 2.18. The Kier molecular flexibility index (Phi) is 4.22. The van der Waals surface area contributed by atoms with E-state index in [2.05, 4.69) is 5.10 Å². The number of carboxylic acid groups (broad SMARTS) is 1. The molecule has 94 valence electrons. The second kappa shape index (κ2) is 5.44. The van der Waals surface area contributed by atoms with E-state index in [4.69, 9.17) is 15.6 Å². The molecule has 1 unspecified atom stereocenters. The SMILES string of the molecule is CCOC(=O)c1nn(C)cc1C(N)CC(=O)O. The number of ether oxygens (including phenoxy) is 1. The Hall–Kier alpha value is -1.89. The van der Waals surface area contributed by atoms with Gasteiger partial charge in [0, 0.05) is 24.8 Å². The molecular weight excluding hydrogens is 226 g/mol. The minimum atomic E-state index is -1.03. The Morgan fingerprint density at radius 1 is 1.65 bits per heavy atom. The Labute approximate surface area is 98.2 Å². The van der Waals surface area contributed by atoms with Crippen LogP contribution in [0.4, 0.5) is 0 Å². The van der Waals surface area contributed by atoms with Crippen LogP contribution in [0.3, 0.4) is 0 Å². The van der Waals surface area contributed by atoms with E-state index < -0.39 is 18.0 Å². The molecule has 1 aromatic rings. The molecule has 0 aromatic carbocycles.